The Hall–Kier alpha value is -0.333. The molecule has 0 amide bonds. The van der Waals surface area contributed by atoms with Gasteiger partial charge in [0, 0.05) is 13.0 Å². The maximum absolute atomic E-state index is 8.62. The van der Waals surface area contributed by atoms with E-state index < -0.39 is 8.32 Å². The molecule has 0 aromatic carbocycles. The van der Waals surface area contributed by atoms with Gasteiger partial charge in [-0.25, -0.2) is 0 Å². The summed E-state index contributed by atoms with van der Waals surface area (Å²) in [5.41, 5.74) is 0.220. The molecular weight excluding hydrogens is 226 g/mol. The smallest absolute Gasteiger partial charge is 0.191 e. The summed E-state index contributed by atoms with van der Waals surface area (Å²) in [5.74, 6) is 0. The number of nitrogens with zero attached hydrogens (tertiary/aromatic N) is 1. The first-order chi connectivity index (χ1) is 7.52. The molecule has 0 saturated carbocycles. The standard InChI is InChI=1S/C14H29NOSi/c1-13(2,3)17(6,7)16-12-10-14(4,5)9-8-11-15/h8-10,12H2,1-7H3. The zero-order valence-electron chi connectivity index (χ0n) is 12.7. The van der Waals surface area contributed by atoms with E-state index in [1.54, 1.807) is 0 Å². The van der Waals surface area contributed by atoms with Crippen LogP contribution < -0.4 is 0 Å². The molecule has 2 nitrogen and oxygen atoms in total. The lowest BCUT2D eigenvalue weighted by molar-refractivity contribution is 0.205. The van der Waals surface area contributed by atoms with Crippen LogP contribution in [0.3, 0.4) is 0 Å². The van der Waals surface area contributed by atoms with E-state index in [4.69, 9.17) is 9.69 Å². The van der Waals surface area contributed by atoms with Crippen molar-refractivity contribution in [3.63, 3.8) is 0 Å². The van der Waals surface area contributed by atoms with Crippen molar-refractivity contribution in [1.82, 2.24) is 0 Å². The monoisotopic (exact) mass is 255 g/mol. The van der Waals surface area contributed by atoms with Crippen LogP contribution in [0.1, 0.15) is 53.9 Å². The summed E-state index contributed by atoms with van der Waals surface area (Å²) in [6.07, 6.45) is 2.65. The molecule has 0 bridgehead atoms. The third kappa shape index (κ3) is 6.23. The largest absolute Gasteiger partial charge is 0.417 e. The Morgan fingerprint density at radius 1 is 1.06 bits per heavy atom. The second kappa shape index (κ2) is 6.02. The number of rotatable bonds is 6. The van der Waals surface area contributed by atoms with Gasteiger partial charge in [-0.3, -0.25) is 0 Å². The van der Waals surface area contributed by atoms with Crippen LogP contribution in [0.2, 0.25) is 18.1 Å². The van der Waals surface area contributed by atoms with Gasteiger partial charge in [-0.15, -0.1) is 0 Å². The minimum atomic E-state index is -1.60. The molecule has 0 aliphatic rings. The molecule has 0 aliphatic heterocycles. The maximum Gasteiger partial charge on any atom is 0.191 e. The van der Waals surface area contributed by atoms with E-state index in [1.807, 2.05) is 0 Å². The van der Waals surface area contributed by atoms with E-state index in [2.05, 4.69) is 53.8 Å². The highest BCUT2D eigenvalue weighted by atomic mass is 28.4. The van der Waals surface area contributed by atoms with Crippen LogP contribution in [0.5, 0.6) is 0 Å². The molecule has 0 fully saturated rings. The number of hydrogen-bond acceptors (Lipinski definition) is 2. The van der Waals surface area contributed by atoms with Crippen molar-refractivity contribution in [2.45, 2.75) is 72.0 Å². The summed E-state index contributed by atoms with van der Waals surface area (Å²) >= 11 is 0. The molecule has 0 aliphatic carbocycles. The van der Waals surface area contributed by atoms with Crippen molar-refractivity contribution in [2.75, 3.05) is 6.61 Å². The fourth-order valence-electron chi connectivity index (χ4n) is 1.32. The second-order valence-corrected chi connectivity index (χ2v) is 12.0. The highest BCUT2D eigenvalue weighted by Gasteiger charge is 2.37. The SMILES string of the molecule is CC(C)(CCC#N)CCO[Si](C)(C)C(C)(C)C. The van der Waals surface area contributed by atoms with Crippen LogP contribution in [-0.2, 0) is 4.43 Å². The molecule has 0 radical (unpaired) electrons. The average Bonchev–Trinajstić information content (AvgIpc) is 2.12. The Morgan fingerprint density at radius 2 is 1.59 bits per heavy atom. The first kappa shape index (κ1) is 16.7. The van der Waals surface area contributed by atoms with Crippen molar-refractivity contribution in [3.8, 4) is 6.07 Å². The lowest BCUT2D eigenvalue weighted by atomic mass is 9.85. The lowest BCUT2D eigenvalue weighted by Crippen LogP contribution is -2.41. The van der Waals surface area contributed by atoms with Gasteiger partial charge in [-0.1, -0.05) is 34.6 Å². The van der Waals surface area contributed by atoms with Gasteiger partial charge in [0.05, 0.1) is 6.07 Å². The molecule has 100 valence electrons. The van der Waals surface area contributed by atoms with E-state index in [0.717, 1.165) is 19.4 Å². The summed E-state index contributed by atoms with van der Waals surface area (Å²) in [5, 5.41) is 8.90. The van der Waals surface area contributed by atoms with Gasteiger partial charge in [-0.05, 0) is 36.4 Å². The number of hydrogen-bond donors (Lipinski definition) is 0. The zero-order chi connectivity index (χ0) is 13.7. The second-order valence-electron chi connectivity index (χ2n) is 7.18. The minimum absolute atomic E-state index is 0.220. The maximum atomic E-state index is 8.62. The van der Waals surface area contributed by atoms with E-state index in [1.165, 1.54) is 0 Å². The molecule has 0 saturated heterocycles. The van der Waals surface area contributed by atoms with Gasteiger partial charge in [0.1, 0.15) is 0 Å². The third-order valence-electron chi connectivity index (χ3n) is 3.96. The van der Waals surface area contributed by atoms with Crippen LogP contribution in [0, 0.1) is 16.7 Å². The Kier molecular flexibility index (Phi) is 5.90. The predicted octanol–water partition coefficient (Wildman–Crippen LogP) is 4.73. The van der Waals surface area contributed by atoms with Gasteiger partial charge in [0.2, 0.25) is 0 Å². The van der Waals surface area contributed by atoms with Crippen molar-refractivity contribution in [2.24, 2.45) is 5.41 Å². The molecule has 0 spiro atoms. The van der Waals surface area contributed by atoms with Crippen molar-refractivity contribution in [3.05, 3.63) is 0 Å². The molecule has 3 heteroatoms. The topological polar surface area (TPSA) is 33.0 Å². The van der Waals surface area contributed by atoms with Crippen LogP contribution in [0.4, 0.5) is 0 Å². The Morgan fingerprint density at radius 3 is 2.00 bits per heavy atom. The normalized spacial score (nSPS) is 13.5. The highest BCUT2D eigenvalue weighted by molar-refractivity contribution is 6.74. The molecule has 17 heavy (non-hydrogen) atoms. The van der Waals surface area contributed by atoms with Gasteiger partial charge < -0.3 is 4.43 Å². The molecule has 0 heterocycles. The quantitative estimate of drug-likeness (QED) is 0.643. The van der Waals surface area contributed by atoms with Gasteiger partial charge >= 0.3 is 0 Å². The molecule has 0 aromatic rings. The Bertz CT molecular complexity index is 271. The Balaban J connectivity index is 4.12. The third-order valence-corrected chi connectivity index (χ3v) is 8.50. The van der Waals surface area contributed by atoms with Crippen LogP contribution in [0.15, 0.2) is 0 Å². The summed E-state index contributed by atoms with van der Waals surface area (Å²) < 4.78 is 6.17. The fraction of sp³-hybridized carbons (Fsp3) is 0.929. The predicted molar refractivity (Wildman–Crippen MR) is 76.4 cm³/mol. The van der Waals surface area contributed by atoms with Crippen molar-refractivity contribution >= 4 is 8.32 Å². The molecule has 0 N–H and O–H groups in total. The lowest BCUT2D eigenvalue weighted by Gasteiger charge is -2.37. The molecular formula is C14H29NOSi. The summed E-state index contributed by atoms with van der Waals surface area (Å²) in [4.78, 5) is 0. The van der Waals surface area contributed by atoms with Crippen LogP contribution in [-0.4, -0.2) is 14.9 Å². The van der Waals surface area contributed by atoms with Gasteiger partial charge in [0.25, 0.3) is 0 Å². The molecule has 0 atom stereocenters. The zero-order valence-corrected chi connectivity index (χ0v) is 13.7. The van der Waals surface area contributed by atoms with E-state index >= 15 is 0 Å². The highest BCUT2D eigenvalue weighted by Crippen LogP contribution is 2.37. The fourth-order valence-corrected chi connectivity index (χ4v) is 2.36. The average molecular weight is 255 g/mol. The van der Waals surface area contributed by atoms with Gasteiger partial charge in [0.15, 0.2) is 8.32 Å². The van der Waals surface area contributed by atoms with E-state index in [0.29, 0.717) is 6.42 Å². The van der Waals surface area contributed by atoms with Crippen LogP contribution in [0.25, 0.3) is 0 Å². The van der Waals surface area contributed by atoms with Gasteiger partial charge in [-0.2, -0.15) is 5.26 Å². The molecule has 0 rings (SSSR count). The first-order valence-electron chi connectivity index (χ1n) is 6.53. The van der Waals surface area contributed by atoms with E-state index in [-0.39, 0.29) is 10.5 Å². The van der Waals surface area contributed by atoms with Crippen molar-refractivity contribution < 1.29 is 4.43 Å². The first-order valence-corrected chi connectivity index (χ1v) is 9.44. The van der Waals surface area contributed by atoms with Crippen molar-refractivity contribution in [1.29, 1.82) is 5.26 Å². The molecule has 0 unspecified atom stereocenters. The number of nitriles is 1. The molecule has 0 aromatic heterocycles. The summed E-state index contributed by atoms with van der Waals surface area (Å²) in [6, 6.07) is 2.22. The van der Waals surface area contributed by atoms with Crippen LogP contribution >= 0.6 is 0 Å². The minimum Gasteiger partial charge on any atom is -0.417 e. The Labute approximate surface area is 108 Å². The summed E-state index contributed by atoms with van der Waals surface area (Å²) in [7, 11) is -1.60. The van der Waals surface area contributed by atoms with E-state index in [9.17, 15) is 0 Å². The summed E-state index contributed by atoms with van der Waals surface area (Å²) in [6.45, 7) is 16.6.